The number of amides is 1. The first-order valence-corrected chi connectivity index (χ1v) is 7.13. The van der Waals surface area contributed by atoms with Gasteiger partial charge < -0.3 is 14.8 Å². The lowest BCUT2D eigenvalue weighted by Crippen LogP contribution is -2.16. The van der Waals surface area contributed by atoms with Crippen LogP contribution in [0.15, 0.2) is 30.3 Å². The Balaban J connectivity index is 2.50. The van der Waals surface area contributed by atoms with E-state index in [0.717, 1.165) is 30.3 Å². The molecule has 9 heteroatoms. The fourth-order valence-corrected chi connectivity index (χ4v) is 2.11. The molecule has 132 valence electrons. The third kappa shape index (κ3) is 3.82. The van der Waals surface area contributed by atoms with Crippen LogP contribution in [0.2, 0.25) is 0 Å². The van der Waals surface area contributed by atoms with Gasteiger partial charge in [0, 0.05) is 6.07 Å². The van der Waals surface area contributed by atoms with Gasteiger partial charge in [0.1, 0.15) is 22.9 Å². The molecule has 0 aromatic heterocycles. The molecular formula is C16H14F2N2O5. The molecule has 0 radical (unpaired) electrons. The Bertz CT molecular complexity index is 806. The molecule has 25 heavy (non-hydrogen) atoms. The number of benzene rings is 2. The summed E-state index contributed by atoms with van der Waals surface area (Å²) in [5.41, 5.74) is -1.71. The van der Waals surface area contributed by atoms with E-state index in [1.165, 1.54) is 7.11 Å². The average molecular weight is 352 g/mol. The molecule has 1 N–H and O–H groups in total. The van der Waals surface area contributed by atoms with Crippen LogP contribution >= 0.6 is 0 Å². The minimum absolute atomic E-state index is 0.0576. The predicted octanol–water partition coefficient (Wildman–Crippen LogP) is 3.53. The van der Waals surface area contributed by atoms with Crippen molar-refractivity contribution in [2.45, 2.75) is 6.92 Å². The van der Waals surface area contributed by atoms with E-state index in [9.17, 15) is 23.7 Å². The summed E-state index contributed by atoms with van der Waals surface area (Å²) in [7, 11) is 1.29. The van der Waals surface area contributed by atoms with E-state index in [4.69, 9.17) is 9.47 Å². The smallest absolute Gasteiger partial charge is 0.286 e. The average Bonchev–Trinajstić information content (AvgIpc) is 2.57. The zero-order valence-electron chi connectivity index (χ0n) is 13.3. The number of anilines is 1. The van der Waals surface area contributed by atoms with E-state index in [1.54, 1.807) is 6.92 Å². The molecule has 2 aromatic rings. The number of ether oxygens (including phenoxy) is 2. The SMILES string of the molecule is CCOc1cc(C(=O)Nc2c(F)cccc2F)c([N+](=O)[O-])cc1OC. The standard InChI is InChI=1S/C16H14F2N2O5/c1-3-25-14-7-9(12(20(22)23)8-13(14)24-2)16(21)19-15-10(17)5-4-6-11(15)18/h4-8H,3H2,1-2H3,(H,19,21). The molecule has 0 aliphatic rings. The highest BCUT2D eigenvalue weighted by molar-refractivity contribution is 6.07. The van der Waals surface area contributed by atoms with Crippen molar-refractivity contribution in [3.63, 3.8) is 0 Å². The van der Waals surface area contributed by atoms with Crippen LogP contribution in [-0.4, -0.2) is 24.5 Å². The minimum Gasteiger partial charge on any atom is -0.493 e. The van der Waals surface area contributed by atoms with E-state index in [1.807, 2.05) is 5.32 Å². The molecule has 7 nitrogen and oxygen atoms in total. The fraction of sp³-hybridized carbons (Fsp3) is 0.188. The van der Waals surface area contributed by atoms with Crippen molar-refractivity contribution in [1.29, 1.82) is 0 Å². The lowest BCUT2D eigenvalue weighted by atomic mass is 10.1. The molecule has 1 amide bonds. The summed E-state index contributed by atoms with van der Waals surface area (Å²) in [6, 6.07) is 5.13. The van der Waals surface area contributed by atoms with Crippen molar-refractivity contribution < 1.29 is 28.0 Å². The Morgan fingerprint density at radius 3 is 2.40 bits per heavy atom. The first-order valence-electron chi connectivity index (χ1n) is 7.13. The van der Waals surface area contributed by atoms with Crippen LogP contribution in [-0.2, 0) is 0 Å². The van der Waals surface area contributed by atoms with Gasteiger partial charge in [0.15, 0.2) is 11.5 Å². The van der Waals surface area contributed by atoms with Crippen molar-refractivity contribution in [2.24, 2.45) is 0 Å². The summed E-state index contributed by atoms with van der Waals surface area (Å²) in [5.74, 6) is -2.92. The van der Waals surface area contributed by atoms with Gasteiger partial charge >= 0.3 is 0 Å². The van der Waals surface area contributed by atoms with Crippen molar-refractivity contribution in [1.82, 2.24) is 0 Å². The molecule has 0 saturated heterocycles. The molecule has 0 aliphatic heterocycles. The lowest BCUT2D eigenvalue weighted by molar-refractivity contribution is -0.385. The second kappa shape index (κ2) is 7.56. The van der Waals surface area contributed by atoms with E-state index < -0.39 is 39.4 Å². The van der Waals surface area contributed by atoms with Crippen LogP contribution in [0.25, 0.3) is 0 Å². The lowest BCUT2D eigenvalue weighted by Gasteiger charge is -2.12. The van der Waals surface area contributed by atoms with Gasteiger partial charge in [-0.25, -0.2) is 8.78 Å². The second-order valence-corrected chi connectivity index (χ2v) is 4.76. The van der Waals surface area contributed by atoms with Gasteiger partial charge in [-0.15, -0.1) is 0 Å². The van der Waals surface area contributed by atoms with Gasteiger partial charge in [0.2, 0.25) is 0 Å². The van der Waals surface area contributed by atoms with Crippen LogP contribution in [0, 0.1) is 21.7 Å². The third-order valence-corrected chi connectivity index (χ3v) is 3.22. The molecule has 2 rings (SSSR count). The number of nitro groups is 1. The highest BCUT2D eigenvalue weighted by atomic mass is 19.1. The summed E-state index contributed by atoms with van der Waals surface area (Å²) in [5, 5.41) is 13.2. The monoisotopic (exact) mass is 352 g/mol. The Labute approximate surface area is 141 Å². The van der Waals surface area contributed by atoms with Crippen molar-refractivity contribution in [3.8, 4) is 11.5 Å². The highest BCUT2D eigenvalue weighted by Gasteiger charge is 2.26. The summed E-state index contributed by atoms with van der Waals surface area (Å²) in [6.45, 7) is 1.90. The van der Waals surface area contributed by atoms with Gasteiger partial charge in [0.25, 0.3) is 11.6 Å². The van der Waals surface area contributed by atoms with Crippen LogP contribution in [0.4, 0.5) is 20.2 Å². The summed E-state index contributed by atoms with van der Waals surface area (Å²) < 4.78 is 37.6. The summed E-state index contributed by atoms with van der Waals surface area (Å²) in [4.78, 5) is 22.8. The Morgan fingerprint density at radius 2 is 1.88 bits per heavy atom. The van der Waals surface area contributed by atoms with Gasteiger partial charge in [-0.05, 0) is 19.1 Å². The van der Waals surface area contributed by atoms with Gasteiger partial charge in [-0.3, -0.25) is 14.9 Å². The zero-order chi connectivity index (χ0) is 18.6. The first kappa shape index (κ1) is 18.1. The number of para-hydroxylation sites is 1. The number of methoxy groups -OCH3 is 1. The number of nitro benzene ring substituents is 1. The van der Waals surface area contributed by atoms with E-state index in [0.29, 0.717) is 0 Å². The molecule has 0 heterocycles. The van der Waals surface area contributed by atoms with Crippen molar-refractivity contribution in [2.75, 3.05) is 19.0 Å². The third-order valence-electron chi connectivity index (χ3n) is 3.22. The maximum absolute atomic E-state index is 13.7. The predicted molar refractivity (Wildman–Crippen MR) is 85.1 cm³/mol. The zero-order valence-corrected chi connectivity index (χ0v) is 13.3. The maximum Gasteiger partial charge on any atom is 0.286 e. The number of rotatable bonds is 6. The molecule has 0 atom stereocenters. The number of nitrogens with one attached hydrogen (secondary N) is 1. The number of carbonyl (C=O) groups is 1. The number of carbonyl (C=O) groups excluding carboxylic acids is 1. The van der Waals surface area contributed by atoms with Crippen LogP contribution in [0.1, 0.15) is 17.3 Å². The number of nitrogens with zero attached hydrogens (tertiary/aromatic N) is 1. The summed E-state index contributed by atoms with van der Waals surface area (Å²) in [6.07, 6.45) is 0. The molecule has 0 saturated carbocycles. The van der Waals surface area contributed by atoms with Gasteiger partial charge in [-0.1, -0.05) is 6.07 Å². The van der Waals surface area contributed by atoms with Gasteiger partial charge in [-0.2, -0.15) is 0 Å². The Hall–Kier alpha value is -3.23. The molecule has 0 bridgehead atoms. The van der Waals surface area contributed by atoms with E-state index in [2.05, 4.69) is 0 Å². The minimum atomic E-state index is -1.06. The normalized spacial score (nSPS) is 10.2. The molecular weight excluding hydrogens is 338 g/mol. The van der Waals surface area contributed by atoms with Crippen LogP contribution < -0.4 is 14.8 Å². The number of hydrogen-bond acceptors (Lipinski definition) is 5. The molecule has 0 fully saturated rings. The fourth-order valence-electron chi connectivity index (χ4n) is 2.11. The summed E-state index contributed by atoms with van der Waals surface area (Å²) >= 11 is 0. The van der Waals surface area contributed by atoms with Crippen LogP contribution in [0.5, 0.6) is 11.5 Å². The molecule has 0 spiro atoms. The van der Waals surface area contributed by atoms with Crippen molar-refractivity contribution >= 4 is 17.3 Å². The molecule has 0 unspecified atom stereocenters. The largest absolute Gasteiger partial charge is 0.493 e. The second-order valence-electron chi connectivity index (χ2n) is 4.76. The van der Waals surface area contributed by atoms with Gasteiger partial charge in [0.05, 0.1) is 24.7 Å². The van der Waals surface area contributed by atoms with E-state index >= 15 is 0 Å². The highest BCUT2D eigenvalue weighted by Crippen LogP contribution is 2.35. The first-order chi connectivity index (χ1) is 11.9. The Morgan fingerprint density at radius 1 is 1.24 bits per heavy atom. The maximum atomic E-state index is 13.7. The van der Waals surface area contributed by atoms with Crippen LogP contribution in [0.3, 0.4) is 0 Å². The van der Waals surface area contributed by atoms with Crippen molar-refractivity contribution in [3.05, 3.63) is 57.6 Å². The molecule has 2 aromatic carbocycles. The molecule has 0 aliphatic carbocycles. The quantitative estimate of drug-likeness (QED) is 0.634. The number of hydrogen-bond donors (Lipinski definition) is 1. The number of halogens is 2. The topological polar surface area (TPSA) is 90.7 Å². The van der Waals surface area contributed by atoms with E-state index in [-0.39, 0.29) is 18.1 Å². The Kier molecular flexibility index (Phi) is 5.48.